The van der Waals surface area contributed by atoms with Crippen LogP contribution in [0.1, 0.15) is 49.2 Å². The van der Waals surface area contributed by atoms with E-state index in [2.05, 4.69) is 9.97 Å². The van der Waals surface area contributed by atoms with Crippen LogP contribution < -0.4 is 4.90 Å². The molecular weight excluding hydrogens is 342 g/mol. The first kappa shape index (κ1) is 18.2. The van der Waals surface area contributed by atoms with E-state index in [4.69, 9.17) is 0 Å². The molecule has 0 N–H and O–H groups in total. The summed E-state index contributed by atoms with van der Waals surface area (Å²) in [7, 11) is 3.97. The van der Waals surface area contributed by atoms with E-state index in [1.165, 1.54) is 12.8 Å². The van der Waals surface area contributed by atoms with E-state index in [-0.39, 0.29) is 17.7 Å². The highest BCUT2D eigenvalue weighted by molar-refractivity contribution is 5.89. The van der Waals surface area contributed by atoms with Gasteiger partial charge in [-0.25, -0.2) is 9.97 Å². The highest BCUT2D eigenvalue weighted by Gasteiger charge is 2.40. The topological polar surface area (TPSA) is 69.6 Å². The number of fused-ring (bicyclic) bond motifs is 1. The standard InChI is InChI=1S/C20H29N5O2/c1-13-21-17-12-24(9-8-16(17)19(22-13)23(2)3)20(27)14-10-18(26)25(11-14)15-6-4-5-7-15/h14-15H,4-12H2,1-3H3. The smallest absolute Gasteiger partial charge is 0.228 e. The summed E-state index contributed by atoms with van der Waals surface area (Å²) >= 11 is 0. The number of aryl methyl sites for hydroxylation is 1. The van der Waals surface area contributed by atoms with Crippen LogP contribution in [0.4, 0.5) is 5.82 Å². The maximum Gasteiger partial charge on any atom is 0.228 e. The normalized spacial score (nSPS) is 23.1. The van der Waals surface area contributed by atoms with Gasteiger partial charge in [0.2, 0.25) is 11.8 Å². The maximum atomic E-state index is 13.1. The third-order valence-corrected chi connectivity index (χ3v) is 6.16. The molecule has 2 fully saturated rings. The summed E-state index contributed by atoms with van der Waals surface area (Å²) in [6.45, 7) is 3.68. The number of aromatic nitrogens is 2. The Hall–Kier alpha value is -2.18. The molecule has 1 saturated carbocycles. The lowest BCUT2D eigenvalue weighted by molar-refractivity contribution is -0.136. The number of anilines is 1. The molecule has 1 aromatic heterocycles. The van der Waals surface area contributed by atoms with Crippen LogP contribution in [-0.2, 0) is 22.6 Å². The van der Waals surface area contributed by atoms with E-state index in [9.17, 15) is 9.59 Å². The van der Waals surface area contributed by atoms with Crippen LogP contribution in [0.25, 0.3) is 0 Å². The van der Waals surface area contributed by atoms with E-state index >= 15 is 0 Å². The fraction of sp³-hybridized carbons (Fsp3) is 0.700. The summed E-state index contributed by atoms with van der Waals surface area (Å²) < 4.78 is 0. The number of hydrogen-bond donors (Lipinski definition) is 0. The zero-order chi connectivity index (χ0) is 19.1. The third kappa shape index (κ3) is 3.39. The Labute approximate surface area is 160 Å². The molecule has 1 unspecified atom stereocenters. The first-order valence-electron chi connectivity index (χ1n) is 10.1. The summed E-state index contributed by atoms with van der Waals surface area (Å²) in [5.74, 6) is 1.75. The van der Waals surface area contributed by atoms with E-state index < -0.39 is 0 Å². The average molecular weight is 371 g/mol. The molecule has 1 aromatic rings. The van der Waals surface area contributed by atoms with E-state index in [1.54, 1.807) is 0 Å². The Bertz CT molecular complexity index is 757. The molecule has 2 aliphatic heterocycles. The molecule has 3 aliphatic rings. The Balaban J connectivity index is 1.48. The minimum atomic E-state index is -0.198. The first-order chi connectivity index (χ1) is 12.9. The number of rotatable bonds is 3. The molecule has 1 atom stereocenters. The Morgan fingerprint density at radius 2 is 1.93 bits per heavy atom. The van der Waals surface area contributed by atoms with Gasteiger partial charge < -0.3 is 14.7 Å². The number of carbonyl (C=O) groups excluding carboxylic acids is 2. The summed E-state index contributed by atoms with van der Waals surface area (Å²) in [5.41, 5.74) is 2.09. The van der Waals surface area contributed by atoms with Crippen molar-refractivity contribution in [3.05, 3.63) is 17.1 Å². The minimum Gasteiger partial charge on any atom is -0.362 e. The van der Waals surface area contributed by atoms with Crippen LogP contribution in [0.15, 0.2) is 0 Å². The molecule has 0 bridgehead atoms. The van der Waals surface area contributed by atoms with Gasteiger partial charge in [-0.15, -0.1) is 0 Å². The molecule has 4 rings (SSSR count). The van der Waals surface area contributed by atoms with Crippen LogP contribution in [0.3, 0.4) is 0 Å². The molecule has 146 valence electrons. The molecule has 1 aliphatic carbocycles. The number of amides is 2. The van der Waals surface area contributed by atoms with Gasteiger partial charge in [0.1, 0.15) is 11.6 Å². The zero-order valence-electron chi connectivity index (χ0n) is 16.6. The van der Waals surface area contributed by atoms with Crippen LogP contribution in [0.2, 0.25) is 0 Å². The van der Waals surface area contributed by atoms with Crippen molar-refractivity contribution in [3.63, 3.8) is 0 Å². The van der Waals surface area contributed by atoms with Crippen molar-refractivity contribution in [1.29, 1.82) is 0 Å². The highest BCUT2D eigenvalue weighted by atomic mass is 16.2. The highest BCUT2D eigenvalue weighted by Crippen LogP contribution is 2.32. The fourth-order valence-corrected chi connectivity index (χ4v) is 4.81. The van der Waals surface area contributed by atoms with Gasteiger partial charge in [-0.2, -0.15) is 0 Å². The summed E-state index contributed by atoms with van der Waals surface area (Å²) in [6, 6.07) is 0.357. The van der Waals surface area contributed by atoms with Gasteiger partial charge in [-0.05, 0) is 26.2 Å². The van der Waals surface area contributed by atoms with Gasteiger partial charge in [0.25, 0.3) is 0 Å². The molecular formula is C20H29N5O2. The van der Waals surface area contributed by atoms with Crippen molar-refractivity contribution in [2.75, 3.05) is 32.1 Å². The molecule has 27 heavy (non-hydrogen) atoms. The van der Waals surface area contributed by atoms with Gasteiger partial charge >= 0.3 is 0 Å². The quantitative estimate of drug-likeness (QED) is 0.806. The van der Waals surface area contributed by atoms with Crippen LogP contribution in [-0.4, -0.2) is 64.8 Å². The van der Waals surface area contributed by atoms with E-state index in [0.717, 1.165) is 42.2 Å². The lowest BCUT2D eigenvalue weighted by Gasteiger charge is -2.32. The fourth-order valence-electron chi connectivity index (χ4n) is 4.81. The second-order valence-corrected chi connectivity index (χ2v) is 8.31. The van der Waals surface area contributed by atoms with Crippen molar-refractivity contribution in [3.8, 4) is 0 Å². The predicted octanol–water partition coefficient (Wildman–Crippen LogP) is 1.53. The number of carbonyl (C=O) groups is 2. The molecule has 7 nitrogen and oxygen atoms in total. The van der Waals surface area contributed by atoms with Crippen molar-refractivity contribution in [1.82, 2.24) is 19.8 Å². The largest absolute Gasteiger partial charge is 0.362 e. The van der Waals surface area contributed by atoms with Crippen molar-refractivity contribution >= 4 is 17.6 Å². The minimum absolute atomic E-state index is 0.108. The molecule has 7 heteroatoms. The van der Waals surface area contributed by atoms with Crippen LogP contribution in [0.5, 0.6) is 0 Å². The Kier molecular flexibility index (Phi) is 4.78. The van der Waals surface area contributed by atoms with Gasteiger partial charge in [0.15, 0.2) is 0 Å². The second kappa shape index (κ2) is 7.09. The van der Waals surface area contributed by atoms with Gasteiger partial charge in [0, 0.05) is 45.2 Å². The molecule has 0 aromatic carbocycles. The molecule has 0 spiro atoms. The van der Waals surface area contributed by atoms with Crippen molar-refractivity contribution in [2.24, 2.45) is 5.92 Å². The lowest BCUT2D eigenvalue weighted by atomic mass is 10.0. The van der Waals surface area contributed by atoms with Gasteiger partial charge in [-0.1, -0.05) is 12.8 Å². The molecule has 0 radical (unpaired) electrons. The third-order valence-electron chi connectivity index (χ3n) is 6.16. The predicted molar refractivity (Wildman–Crippen MR) is 102 cm³/mol. The van der Waals surface area contributed by atoms with E-state index in [0.29, 0.717) is 32.1 Å². The summed E-state index contributed by atoms with van der Waals surface area (Å²) in [6.07, 6.45) is 5.71. The van der Waals surface area contributed by atoms with E-state index in [1.807, 2.05) is 35.7 Å². The Morgan fingerprint density at radius 1 is 1.19 bits per heavy atom. The zero-order valence-corrected chi connectivity index (χ0v) is 16.6. The van der Waals surface area contributed by atoms with Crippen molar-refractivity contribution < 1.29 is 9.59 Å². The van der Waals surface area contributed by atoms with Crippen molar-refractivity contribution in [2.45, 2.75) is 58.0 Å². The first-order valence-corrected chi connectivity index (χ1v) is 10.1. The SMILES string of the molecule is Cc1nc2c(c(N(C)C)n1)CCN(C(=O)C1CC(=O)N(C3CCCC3)C1)C2. The number of hydrogen-bond acceptors (Lipinski definition) is 5. The Morgan fingerprint density at radius 3 is 2.63 bits per heavy atom. The number of likely N-dealkylation sites (tertiary alicyclic amines) is 1. The van der Waals surface area contributed by atoms with Gasteiger partial charge in [-0.3, -0.25) is 9.59 Å². The molecule has 2 amide bonds. The lowest BCUT2D eigenvalue weighted by Crippen LogP contribution is -2.42. The van der Waals surface area contributed by atoms with Crippen LogP contribution in [0, 0.1) is 12.8 Å². The molecule has 1 saturated heterocycles. The monoisotopic (exact) mass is 371 g/mol. The molecule has 3 heterocycles. The second-order valence-electron chi connectivity index (χ2n) is 8.31. The maximum absolute atomic E-state index is 13.1. The van der Waals surface area contributed by atoms with Crippen LogP contribution >= 0.6 is 0 Å². The van der Waals surface area contributed by atoms with Gasteiger partial charge in [0.05, 0.1) is 18.2 Å². The summed E-state index contributed by atoms with van der Waals surface area (Å²) in [5, 5.41) is 0. The number of nitrogens with zero attached hydrogens (tertiary/aromatic N) is 5. The summed E-state index contributed by atoms with van der Waals surface area (Å²) in [4.78, 5) is 40.6. The average Bonchev–Trinajstić information content (AvgIpc) is 3.29.